The molecule has 2 aliphatic heterocycles. The zero-order valence-electron chi connectivity index (χ0n) is 22.3. The minimum Gasteiger partial charge on any atom is -0.388 e. The monoisotopic (exact) mass is 538 g/mol. The van der Waals surface area contributed by atoms with E-state index in [0.717, 1.165) is 22.0 Å². The Labute approximate surface area is 225 Å². The molecule has 39 heavy (non-hydrogen) atoms. The summed E-state index contributed by atoms with van der Waals surface area (Å²) in [6.07, 6.45) is 0.353. The fraction of sp³-hybridized carbons (Fsp3) is 0.516. The smallest absolute Gasteiger partial charge is 0.388 e. The van der Waals surface area contributed by atoms with E-state index in [2.05, 4.69) is 11.1 Å². The lowest BCUT2D eigenvalue weighted by atomic mass is 9.56. The number of likely N-dealkylation sites (N-methyl/N-ethyl adjacent to an activating group) is 1. The van der Waals surface area contributed by atoms with Gasteiger partial charge in [0, 0.05) is 34.5 Å². The van der Waals surface area contributed by atoms with Crippen molar-refractivity contribution in [2.24, 2.45) is 11.3 Å². The van der Waals surface area contributed by atoms with Crippen LogP contribution in [-0.2, 0) is 4.74 Å². The van der Waals surface area contributed by atoms with E-state index in [9.17, 15) is 23.4 Å². The lowest BCUT2D eigenvalue weighted by molar-refractivity contribution is -0.170. The second-order valence-corrected chi connectivity index (χ2v) is 12.6. The van der Waals surface area contributed by atoms with Gasteiger partial charge in [0.15, 0.2) is 0 Å². The predicted molar refractivity (Wildman–Crippen MR) is 142 cm³/mol. The first kappa shape index (κ1) is 25.4. The van der Waals surface area contributed by atoms with Gasteiger partial charge in [-0.1, -0.05) is 31.2 Å². The van der Waals surface area contributed by atoms with E-state index in [0.29, 0.717) is 31.3 Å². The van der Waals surface area contributed by atoms with Crippen molar-refractivity contribution in [3.05, 3.63) is 71.0 Å². The largest absolute Gasteiger partial charge is 0.413 e. The van der Waals surface area contributed by atoms with E-state index in [-0.39, 0.29) is 24.0 Å². The number of hydrogen-bond acceptors (Lipinski definition) is 5. The Kier molecular flexibility index (Phi) is 5.24. The molecule has 2 aromatic rings. The fourth-order valence-corrected chi connectivity index (χ4v) is 8.62. The molecule has 5 nitrogen and oxygen atoms in total. The number of allylic oxidation sites excluding steroid dienone is 3. The summed E-state index contributed by atoms with van der Waals surface area (Å²) in [5.41, 5.74) is -0.0852. The molecule has 1 aromatic carbocycles. The van der Waals surface area contributed by atoms with Crippen molar-refractivity contribution in [3.63, 3.8) is 0 Å². The molecule has 8 heteroatoms. The van der Waals surface area contributed by atoms with Crippen LogP contribution >= 0.6 is 0 Å². The summed E-state index contributed by atoms with van der Waals surface area (Å²) in [6, 6.07) is 9.41. The molecule has 1 saturated carbocycles. The molecule has 2 bridgehead atoms. The van der Waals surface area contributed by atoms with E-state index in [1.165, 1.54) is 0 Å². The SMILES string of the molecule is CN(C)[C@H]1C[C@@]23CC[C@@]4(O2)C(=C(C(F)(F)F)C[C@]2(C)C(c5ccc6ncccc6c5)=CCC24)C=C3[C@@H](O)[C@@H]1O. The van der Waals surface area contributed by atoms with Gasteiger partial charge in [0.2, 0.25) is 0 Å². The zero-order valence-corrected chi connectivity index (χ0v) is 22.3. The van der Waals surface area contributed by atoms with Crippen molar-refractivity contribution >= 4 is 16.5 Å². The summed E-state index contributed by atoms with van der Waals surface area (Å²) in [6.45, 7) is 1.97. The summed E-state index contributed by atoms with van der Waals surface area (Å²) in [4.78, 5) is 6.27. The number of aliphatic hydroxyl groups is 2. The number of fused-ring (bicyclic) bond motifs is 2. The van der Waals surface area contributed by atoms with Crippen LogP contribution in [0.15, 0.2) is 65.4 Å². The molecule has 7 atom stereocenters. The van der Waals surface area contributed by atoms with Gasteiger partial charge in [0.25, 0.3) is 0 Å². The van der Waals surface area contributed by atoms with E-state index in [1.54, 1.807) is 12.3 Å². The number of ether oxygens (including phenoxy) is 1. The first-order valence-corrected chi connectivity index (χ1v) is 13.7. The molecule has 5 aliphatic rings. The van der Waals surface area contributed by atoms with E-state index >= 15 is 0 Å². The van der Waals surface area contributed by atoms with Gasteiger partial charge in [-0.05, 0) is 86.7 Å². The van der Waals surface area contributed by atoms with Gasteiger partial charge in [-0.15, -0.1) is 0 Å². The topological polar surface area (TPSA) is 65.8 Å². The van der Waals surface area contributed by atoms with E-state index in [4.69, 9.17) is 4.74 Å². The molecule has 1 saturated heterocycles. The van der Waals surface area contributed by atoms with Gasteiger partial charge in [-0.3, -0.25) is 4.98 Å². The second kappa shape index (κ2) is 8.03. The standard InChI is InChI=1S/C31H33F3N2O3/c1-28-15-22(31(32,33)34)20-14-21-26(37)27(38)24(36(2)3)16-29(21)10-11-30(20,39-29)25(28)9-7-19(28)17-6-8-23-18(13-17)5-4-12-35-23/h4-8,12-14,24-27,37-38H,9-11,15-16H2,1-3H3/t24-,25?,26+,27+,28+,29+,30+/m0/s1. The number of rotatable bonds is 2. The Hall–Kier alpha value is -2.52. The van der Waals surface area contributed by atoms with Gasteiger partial charge in [0.05, 0.1) is 22.8 Å². The summed E-state index contributed by atoms with van der Waals surface area (Å²) < 4.78 is 51.6. The third-order valence-corrected chi connectivity index (χ3v) is 10.4. The van der Waals surface area contributed by atoms with Gasteiger partial charge in [-0.2, -0.15) is 13.2 Å². The third-order valence-electron chi connectivity index (χ3n) is 10.4. The predicted octanol–water partition coefficient (Wildman–Crippen LogP) is 5.19. The van der Waals surface area contributed by atoms with Gasteiger partial charge < -0.3 is 19.8 Å². The molecule has 3 heterocycles. The normalized spacial score (nSPS) is 39.4. The average molecular weight is 539 g/mol. The maximum absolute atomic E-state index is 14.9. The minimum atomic E-state index is -4.55. The van der Waals surface area contributed by atoms with Crippen LogP contribution in [-0.4, -0.2) is 69.8 Å². The number of alkyl halides is 3. The number of benzene rings is 1. The number of aromatic nitrogens is 1. The summed E-state index contributed by atoms with van der Waals surface area (Å²) in [7, 11) is 3.69. The Balaban J connectivity index is 1.39. The molecule has 2 spiro atoms. The lowest BCUT2D eigenvalue weighted by Gasteiger charge is -2.57. The lowest BCUT2D eigenvalue weighted by Crippen LogP contribution is -2.62. The Morgan fingerprint density at radius 3 is 2.67 bits per heavy atom. The first-order valence-electron chi connectivity index (χ1n) is 13.7. The van der Waals surface area contributed by atoms with Gasteiger partial charge in [0.1, 0.15) is 6.10 Å². The summed E-state index contributed by atoms with van der Waals surface area (Å²) in [5.74, 6) is -0.176. The maximum Gasteiger partial charge on any atom is 0.413 e. The van der Waals surface area contributed by atoms with Crippen molar-refractivity contribution < 1.29 is 28.1 Å². The molecular weight excluding hydrogens is 505 g/mol. The number of hydrogen-bond donors (Lipinski definition) is 2. The molecular formula is C31H33F3N2O3. The second-order valence-electron chi connectivity index (χ2n) is 12.6. The summed E-state index contributed by atoms with van der Waals surface area (Å²) >= 11 is 0. The molecule has 2 fully saturated rings. The molecule has 2 N–H and O–H groups in total. The molecule has 0 radical (unpaired) electrons. The highest BCUT2D eigenvalue weighted by atomic mass is 19.4. The van der Waals surface area contributed by atoms with Gasteiger partial charge >= 0.3 is 6.18 Å². The molecule has 0 amide bonds. The van der Waals surface area contributed by atoms with Crippen molar-refractivity contribution in [3.8, 4) is 0 Å². The van der Waals surface area contributed by atoms with Crippen LogP contribution < -0.4 is 0 Å². The van der Waals surface area contributed by atoms with Crippen LogP contribution in [0.4, 0.5) is 13.2 Å². The summed E-state index contributed by atoms with van der Waals surface area (Å²) in [5, 5.41) is 23.0. The molecule has 1 unspecified atom stereocenters. The van der Waals surface area contributed by atoms with Crippen LogP contribution in [0.1, 0.15) is 44.6 Å². The molecule has 206 valence electrons. The van der Waals surface area contributed by atoms with Crippen molar-refractivity contribution in [1.82, 2.24) is 9.88 Å². The van der Waals surface area contributed by atoms with Crippen LogP contribution in [0.3, 0.4) is 0 Å². The molecule has 7 rings (SSSR count). The maximum atomic E-state index is 14.9. The minimum absolute atomic E-state index is 0.158. The Bertz CT molecular complexity index is 1480. The first-order chi connectivity index (χ1) is 18.4. The van der Waals surface area contributed by atoms with Crippen LogP contribution in [0.2, 0.25) is 0 Å². The van der Waals surface area contributed by atoms with Crippen LogP contribution in [0.25, 0.3) is 16.5 Å². The average Bonchev–Trinajstić information content (AvgIpc) is 3.40. The number of pyridine rings is 1. The number of aliphatic hydroxyl groups excluding tert-OH is 2. The Morgan fingerprint density at radius 1 is 1.13 bits per heavy atom. The van der Waals surface area contributed by atoms with Crippen LogP contribution in [0, 0.1) is 11.3 Å². The highest BCUT2D eigenvalue weighted by Gasteiger charge is 2.69. The van der Waals surface area contributed by atoms with Crippen molar-refractivity contribution in [2.45, 2.75) is 74.7 Å². The van der Waals surface area contributed by atoms with Crippen molar-refractivity contribution in [1.29, 1.82) is 0 Å². The Morgan fingerprint density at radius 2 is 1.92 bits per heavy atom. The van der Waals surface area contributed by atoms with E-state index in [1.807, 2.05) is 56.3 Å². The third kappa shape index (κ3) is 3.32. The molecule has 1 aromatic heterocycles. The highest BCUT2D eigenvalue weighted by molar-refractivity contribution is 5.85. The van der Waals surface area contributed by atoms with E-state index < -0.39 is 40.6 Å². The fourth-order valence-electron chi connectivity index (χ4n) is 8.62. The van der Waals surface area contributed by atoms with Gasteiger partial charge in [-0.25, -0.2) is 0 Å². The number of halogens is 3. The number of nitrogens with zero attached hydrogens (tertiary/aromatic N) is 2. The highest BCUT2D eigenvalue weighted by Crippen LogP contribution is 2.70. The zero-order chi connectivity index (χ0) is 27.5. The molecule has 3 aliphatic carbocycles. The van der Waals surface area contributed by atoms with Crippen LogP contribution in [0.5, 0.6) is 0 Å². The quantitative estimate of drug-likeness (QED) is 0.551. The van der Waals surface area contributed by atoms with Crippen molar-refractivity contribution in [2.75, 3.05) is 14.1 Å².